The summed E-state index contributed by atoms with van der Waals surface area (Å²) in [6.45, 7) is 1.59. The van der Waals surface area contributed by atoms with Crippen LogP contribution in [0.25, 0.3) is 10.1 Å². The quantitative estimate of drug-likeness (QED) is 0.500. The van der Waals surface area contributed by atoms with Crippen molar-refractivity contribution in [1.29, 1.82) is 0 Å². The van der Waals surface area contributed by atoms with Gasteiger partial charge >= 0.3 is 0 Å². The molecular formula is C17H16N2O2S. The highest BCUT2D eigenvalue weighted by atomic mass is 32.1. The third-order valence-corrected chi connectivity index (χ3v) is 4.51. The second kappa shape index (κ2) is 6.70. The molecule has 22 heavy (non-hydrogen) atoms. The lowest BCUT2D eigenvalue weighted by atomic mass is 10.1. The molecule has 112 valence electrons. The molecule has 5 heteroatoms. The predicted molar refractivity (Wildman–Crippen MR) is 88.1 cm³/mol. The summed E-state index contributed by atoms with van der Waals surface area (Å²) in [5, 5.41) is 13.1. The number of hydroxylamine groups is 1. The Morgan fingerprint density at radius 2 is 1.77 bits per heavy atom. The highest BCUT2D eigenvalue weighted by Gasteiger charge is 2.09. The SMILES string of the molecule is O=C(NO)c1cc2ccc(CNCc3ccccc3)cc2s1. The molecule has 3 rings (SSSR count). The first kappa shape index (κ1) is 14.7. The van der Waals surface area contributed by atoms with E-state index in [1.54, 1.807) is 11.5 Å². The van der Waals surface area contributed by atoms with Crippen LogP contribution in [0.2, 0.25) is 0 Å². The minimum Gasteiger partial charge on any atom is -0.309 e. The van der Waals surface area contributed by atoms with E-state index in [1.165, 1.54) is 22.5 Å². The second-order valence-corrected chi connectivity index (χ2v) is 6.10. The van der Waals surface area contributed by atoms with Crippen LogP contribution in [0.4, 0.5) is 0 Å². The molecule has 1 aromatic heterocycles. The lowest BCUT2D eigenvalue weighted by Gasteiger charge is -2.05. The molecule has 4 nitrogen and oxygen atoms in total. The normalized spacial score (nSPS) is 10.8. The fraction of sp³-hybridized carbons (Fsp3) is 0.118. The molecule has 0 spiro atoms. The Morgan fingerprint density at radius 3 is 2.55 bits per heavy atom. The van der Waals surface area contributed by atoms with Crippen LogP contribution in [-0.4, -0.2) is 11.1 Å². The molecule has 0 aliphatic carbocycles. The number of benzene rings is 2. The number of nitrogens with one attached hydrogen (secondary N) is 2. The van der Waals surface area contributed by atoms with Crippen LogP contribution < -0.4 is 10.8 Å². The standard InChI is InChI=1S/C17H16N2O2S/c20-17(19-21)16-9-14-7-6-13(8-15(14)22-16)11-18-10-12-4-2-1-3-5-12/h1-9,18,21H,10-11H2,(H,19,20). The topological polar surface area (TPSA) is 61.4 Å². The molecule has 1 amide bonds. The van der Waals surface area contributed by atoms with E-state index in [1.807, 2.05) is 30.3 Å². The summed E-state index contributed by atoms with van der Waals surface area (Å²) in [7, 11) is 0. The maximum absolute atomic E-state index is 11.4. The van der Waals surface area contributed by atoms with Gasteiger partial charge in [-0.1, -0.05) is 42.5 Å². The minimum absolute atomic E-state index is 0.468. The van der Waals surface area contributed by atoms with E-state index >= 15 is 0 Å². The zero-order valence-electron chi connectivity index (χ0n) is 11.9. The van der Waals surface area contributed by atoms with E-state index in [2.05, 4.69) is 23.5 Å². The van der Waals surface area contributed by atoms with Gasteiger partial charge in [-0.25, -0.2) is 5.48 Å². The monoisotopic (exact) mass is 312 g/mol. The lowest BCUT2D eigenvalue weighted by molar-refractivity contribution is 0.0711. The Bertz CT molecular complexity index is 784. The zero-order chi connectivity index (χ0) is 15.4. The molecule has 0 aliphatic heterocycles. The van der Waals surface area contributed by atoms with E-state index < -0.39 is 5.91 Å². The maximum atomic E-state index is 11.4. The van der Waals surface area contributed by atoms with Crippen LogP contribution in [0, 0.1) is 0 Å². The van der Waals surface area contributed by atoms with Gasteiger partial charge in [-0.15, -0.1) is 11.3 Å². The van der Waals surface area contributed by atoms with Crippen LogP contribution in [0.15, 0.2) is 54.6 Å². The van der Waals surface area contributed by atoms with Crippen molar-refractivity contribution < 1.29 is 10.0 Å². The van der Waals surface area contributed by atoms with E-state index in [4.69, 9.17) is 5.21 Å². The first-order valence-electron chi connectivity index (χ1n) is 6.98. The van der Waals surface area contributed by atoms with Crippen LogP contribution in [0.1, 0.15) is 20.8 Å². The number of thiophene rings is 1. The minimum atomic E-state index is -0.468. The van der Waals surface area contributed by atoms with Crippen molar-refractivity contribution >= 4 is 27.3 Å². The number of amides is 1. The summed E-state index contributed by atoms with van der Waals surface area (Å²) in [5.41, 5.74) is 4.09. The van der Waals surface area contributed by atoms with Gasteiger partial charge < -0.3 is 5.32 Å². The van der Waals surface area contributed by atoms with Crippen molar-refractivity contribution in [3.8, 4) is 0 Å². The third-order valence-electron chi connectivity index (χ3n) is 3.41. The fourth-order valence-corrected chi connectivity index (χ4v) is 3.32. The molecule has 0 bridgehead atoms. The van der Waals surface area contributed by atoms with Crippen LogP contribution >= 0.6 is 11.3 Å². The predicted octanol–water partition coefficient (Wildman–Crippen LogP) is 3.31. The van der Waals surface area contributed by atoms with Gasteiger partial charge in [0.15, 0.2) is 0 Å². The number of hydrogen-bond donors (Lipinski definition) is 3. The highest BCUT2D eigenvalue weighted by molar-refractivity contribution is 7.20. The molecule has 0 aliphatic rings. The summed E-state index contributed by atoms with van der Waals surface area (Å²) in [6, 6.07) is 18.2. The third kappa shape index (κ3) is 3.33. The molecule has 0 fully saturated rings. The van der Waals surface area contributed by atoms with Gasteiger partial charge in [0.1, 0.15) is 0 Å². The van der Waals surface area contributed by atoms with E-state index in [-0.39, 0.29) is 0 Å². The Hall–Kier alpha value is -2.21. The van der Waals surface area contributed by atoms with Gasteiger partial charge in [-0.05, 0) is 28.6 Å². The fourth-order valence-electron chi connectivity index (χ4n) is 2.30. The molecule has 0 saturated heterocycles. The van der Waals surface area contributed by atoms with Gasteiger partial charge in [-0.2, -0.15) is 0 Å². The van der Waals surface area contributed by atoms with Crippen LogP contribution in [0.5, 0.6) is 0 Å². The van der Waals surface area contributed by atoms with Gasteiger partial charge in [-0.3, -0.25) is 10.0 Å². The molecule has 3 aromatic rings. The molecule has 0 unspecified atom stereocenters. The second-order valence-electron chi connectivity index (χ2n) is 5.01. The molecular weight excluding hydrogens is 296 g/mol. The highest BCUT2D eigenvalue weighted by Crippen LogP contribution is 2.26. The molecule has 0 atom stereocenters. The van der Waals surface area contributed by atoms with Crippen molar-refractivity contribution in [2.75, 3.05) is 0 Å². The van der Waals surface area contributed by atoms with E-state index in [0.29, 0.717) is 4.88 Å². The maximum Gasteiger partial charge on any atom is 0.284 e. The van der Waals surface area contributed by atoms with Crippen molar-refractivity contribution in [2.24, 2.45) is 0 Å². The summed E-state index contributed by atoms with van der Waals surface area (Å²) in [4.78, 5) is 11.9. The number of fused-ring (bicyclic) bond motifs is 1. The van der Waals surface area contributed by atoms with Gasteiger partial charge in [0.25, 0.3) is 5.91 Å². The first-order chi connectivity index (χ1) is 10.8. The average Bonchev–Trinajstić information content (AvgIpc) is 2.98. The molecule has 3 N–H and O–H groups in total. The number of rotatable bonds is 5. The van der Waals surface area contributed by atoms with E-state index in [0.717, 1.165) is 23.2 Å². The van der Waals surface area contributed by atoms with Crippen LogP contribution in [-0.2, 0) is 13.1 Å². The van der Waals surface area contributed by atoms with Crippen LogP contribution in [0.3, 0.4) is 0 Å². The average molecular weight is 312 g/mol. The summed E-state index contributed by atoms with van der Waals surface area (Å²) in [6.07, 6.45) is 0. The summed E-state index contributed by atoms with van der Waals surface area (Å²) < 4.78 is 1.04. The van der Waals surface area contributed by atoms with E-state index in [9.17, 15) is 4.79 Å². The van der Waals surface area contributed by atoms with Gasteiger partial charge in [0.05, 0.1) is 4.88 Å². The van der Waals surface area contributed by atoms with Gasteiger partial charge in [0.2, 0.25) is 0 Å². The Morgan fingerprint density at radius 1 is 1.00 bits per heavy atom. The number of hydrogen-bond acceptors (Lipinski definition) is 4. The smallest absolute Gasteiger partial charge is 0.284 e. The molecule has 0 saturated carbocycles. The Labute approximate surface area is 132 Å². The zero-order valence-corrected chi connectivity index (χ0v) is 12.7. The summed E-state index contributed by atoms with van der Waals surface area (Å²) >= 11 is 1.37. The van der Waals surface area contributed by atoms with Crippen molar-refractivity contribution in [2.45, 2.75) is 13.1 Å². The largest absolute Gasteiger partial charge is 0.309 e. The molecule has 2 aromatic carbocycles. The Kier molecular flexibility index (Phi) is 4.48. The van der Waals surface area contributed by atoms with Crippen molar-refractivity contribution in [3.05, 3.63) is 70.6 Å². The molecule has 0 radical (unpaired) electrons. The Balaban J connectivity index is 1.68. The number of carbonyl (C=O) groups excluding carboxylic acids is 1. The first-order valence-corrected chi connectivity index (χ1v) is 7.79. The summed E-state index contributed by atoms with van der Waals surface area (Å²) in [5.74, 6) is -0.468. The van der Waals surface area contributed by atoms with Crippen molar-refractivity contribution in [3.63, 3.8) is 0 Å². The van der Waals surface area contributed by atoms with Gasteiger partial charge in [0, 0.05) is 17.8 Å². The number of carbonyl (C=O) groups is 1. The lowest BCUT2D eigenvalue weighted by Crippen LogP contribution is -2.16. The molecule has 1 heterocycles. The van der Waals surface area contributed by atoms with Crippen molar-refractivity contribution in [1.82, 2.24) is 10.8 Å².